The fourth-order valence-electron chi connectivity index (χ4n) is 4.98. The van der Waals surface area contributed by atoms with Crippen LogP contribution >= 0.6 is 0 Å². The number of nitrogens with zero attached hydrogens (tertiary/aromatic N) is 4. The Morgan fingerprint density at radius 1 is 1.14 bits per heavy atom. The van der Waals surface area contributed by atoms with Gasteiger partial charge in [0.2, 0.25) is 0 Å². The summed E-state index contributed by atoms with van der Waals surface area (Å²) in [6.45, 7) is 1.83. The van der Waals surface area contributed by atoms with Gasteiger partial charge in [0.15, 0.2) is 0 Å². The zero-order valence-corrected chi connectivity index (χ0v) is 19.7. The summed E-state index contributed by atoms with van der Waals surface area (Å²) in [5, 5.41) is 6.08. The number of hydrogen-bond acceptors (Lipinski definition) is 5. The quantitative estimate of drug-likeness (QED) is 0.258. The summed E-state index contributed by atoms with van der Waals surface area (Å²) < 4.78 is 16.2. The first-order valence-corrected chi connectivity index (χ1v) is 11.9. The zero-order chi connectivity index (χ0) is 24.8. The van der Waals surface area contributed by atoms with Crippen molar-refractivity contribution in [2.45, 2.75) is 38.6 Å². The fraction of sp³-hybridized carbons (Fsp3) is 0.231. The van der Waals surface area contributed by atoms with Crippen molar-refractivity contribution in [2.75, 3.05) is 16.4 Å². The van der Waals surface area contributed by atoms with Crippen LogP contribution < -0.4 is 16.4 Å². The van der Waals surface area contributed by atoms with Gasteiger partial charge in [-0.15, -0.1) is 0 Å². The third kappa shape index (κ3) is 3.90. The summed E-state index contributed by atoms with van der Waals surface area (Å²) >= 11 is 0. The number of carbonyl (C=O) groups excluding carboxylic acids is 1. The Kier molecular flexibility index (Phi) is 5.28. The monoisotopic (exact) mass is 484 g/mol. The molecule has 0 bridgehead atoms. The van der Waals surface area contributed by atoms with E-state index in [1.54, 1.807) is 24.3 Å². The molecule has 5 N–H and O–H groups in total. The minimum Gasteiger partial charge on any atom is -0.383 e. The van der Waals surface area contributed by atoms with Crippen molar-refractivity contribution in [3.05, 3.63) is 60.3 Å². The number of nitrogen functional groups attached to an aromatic ring is 1. The molecule has 0 atom stereocenters. The number of aromatic nitrogens is 5. The number of H-pyrrole nitrogens is 1. The van der Waals surface area contributed by atoms with Crippen molar-refractivity contribution < 1.29 is 9.18 Å². The van der Waals surface area contributed by atoms with E-state index in [1.807, 2.05) is 13.0 Å². The lowest BCUT2D eigenvalue weighted by Crippen LogP contribution is -2.20. The predicted molar refractivity (Wildman–Crippen MR) is 138 cm³/mol. The largest absolute Gasteiger partial charge is 0.383 e. The molecule has 2 amide bonds. The first-order valence-electron chi connectivity index (χ1n) is 11.9. The van der Waals surface area contributed by atoms with E-state index in [0.29, 0.717) is 23.4 Å². The number of fused-ring (bicyclic) bond motifs is 2. The maximum atomic E-state index is 14.0. The van der Waals surface area contributed by atoms with Crippen LogP contribution in [0.1, 0.15) is 37.3 Å². The predicted octanol–water partition coefficient (Wildman–Crippen LogP) is 5.76. The second kappa shape index (κ2) is 8.63. The summed E-state index contributed by atoms with van der Waals surface area (Å²) in [5.41, 5.74) is 10.9. The standard InChI is InChI=1S/C26H25FN8O/c1-14-6-8-18(27)20(10-14)34-26(36)31-15-7-9-19-21(11-15)33-24(32-19)17-12-35(16-4-2-3-5-16)25-22(17)23(28)29-13-30-25/h6-13,16H,2-5H2,1H3,(H,32,33)(H2,28,29,30)(H2,31,34,36). The van der Waals surface area contributed by atoms with Gasteiger partial charge in [-0.2, -0.15) is 0 Å². The van der Waals surface area contributed by atoms with Gasteiger partial charge in [0, 0.05) is 23.5 Å². The molecule has 1 fully saturated rings. The van der Waals surface area contributed by atoms with Crippen molar-refractivity contribution in [3.63, 3.8) is 0 Å². The molecule has 2 aromatic carbocycles. The Morgan fingerprint density at radius 3 is 2.81 bits per heavy atom. The second-order valence-electron chi connectivity index (χ2n) is 9.23. The third-order valence-corrected chi connectivity index (χ3v) is 6.72. The molecule has 10 heteroatoms. The van der Waals surface area contributed by atoms with E-state index in [0.717, 1.165) is 46.0 Å². The van der Waals surface area contributed by atoms with Gasteiger partial charge in [0.05, 0.1) is 22.1 Å². The van der Waals surface area contributed by atoms with E-state index < -0.39 is 11.8 Å². The molecule has 36 heavy (non-hydrogen) atoms. The molecule has 0 spiro atoms. The summed E-state index contributed by atoms with van der Waals surface area (Å²) in [5.74, 6) is 0.565. The smallest absolute Gasteiger partial charge is 0.323 e. The minimum absolute atomic E-state index is 0.121. The van der Waals surface area contributed by atoms with Crippen LogP contribution in [0.15, 0.2) is 48.9 Å². The van der Waals surface area contributed by atoms with Gasteiger partial charge in [-0.05, 0) is 55.7 Å². The summed E-state index contributed by atoms with van der Waals surface area (Å²) in [6, 6.07) is 9.74. The van der Waals surface area contributed by atoms with Gasteiger partial charge >= 0.3 is 6.03 Å². The van der Waals surface area contributed by atoms with Gasteiger partial charge in [-0.25, -0.2) is 24.1 Å². The lowest BCUT2D eigenvalue weighted by Gasteiger charge is -2.12. The van der Waals surface area contributed by atoms with Gasteiger partial charge in [0.1, 0.15) is 29.4 Å². The number of aryl methyl sites for hydroxylation is 1. The minimum atomic E-state index is -0.539. The highest BCUT2D eigenvalue weighted by Crippen LogP contribution is 2.38. The molecule has 1 saturated carbocycles. The number of aromatic amines is 1. The van der Waals surface area contributed by atoms with Crippen LogP contribution in [0.2, 0.25) is 0 Å². The number of hydrogen-bond donors (Lipinski definition) is 4. The van der Waals surface area contributed by atoms with Crippen molar-refractivity contribution in [2.24, 2.45) is 0 Å². The maximum absolute atomic E-state index is 14.0. The molecule has 6 rings (SSSR count). The third-order valence-electron chi connectivity index (χ3n) is 6.72. The lowest BCUT2D eigenvalue weighted by molar-refractivity contribution is 0.262. The Balaban J connectivity index is 1.31. The molecular weight excluding hydrogens is 459 g/mol. The molecule has 182 valence electrons. The van der Waals surface area contributed by atoms with Crippen LogP contribution in [0.25, 0.3) is 33.5 Å². The Hall–Kier alpha value is -4.47. The number of anilines is 3. The number of rotatable bonds is 4. The van der Waals surface area contributed by atoms with E-state index in [9.17, 15) is 9.18 Å². The normalized spacial score (nSPS) is 14.1. The molecule has 0 saturated heterocycles. The molecule has 5 aromatic rings. The molecule has 1 aliphatic rings. The SMILES string of the molecule is Cc1ccc(F)c(NC(=O)Nc2ccc3nc(-c4cn(C5CCCC5)c5ncnc(N)c45)[nH]c3c2)c1. The average Bonchev–Trinajstić information content (AvgIpc) is 3.59. The number of urea groups is 1. The number of nitrogens with one attached hydrogen (secondary N) is 3. The van der Waals surface area contributed by atoms with E-state index in [1.165, 1.54) is 25.2 Å². The molecular formula is C26H25FN8O. The summed E-state index contributed by atoms with van der Waals surface area (Å²) in [4.78, 5) is 29.3. The highest BCUT2D eigenvalue weighted by Gasteiger charge is 2.24. The highest BCUT2D eigenvalue weighted by molar-refractivity contribution is 6.02. The van der Waals surface area contributed by atoms with E-state index >= 15 is 0 Å². The number of imidazole rings is 1. The zero-order valence-electron chi connectivity index (χ0n) is 19.7. The van der Waals surface area contributed by atoms with Crippen molar-refractivity contribution in [1.29, 1.82) is 0 Å². The fourth-order valence-corrected chi connectivity index (χ4v) is 4.98. The number of nitrogens with two attached hydrogens (primary N) is 1. The highest BCUT2D eigenvalue weighted by atomic mass is 19.1. The van der Waals surface area contributed by atoms with E-state index in [2.05, 4.69) is 36.3 Å². The van der Waals surface area contributed by atoms with Crippen LogP contribution in [-0.2, 0) is 0 Å². The number of benzene rings is 2. The van der Waals surface area contributed by atoms with E-state index in [4.69, 9.17) is 10.7 Å². The van der Waals surface area contributed by atoms with Crippen LogP contribution in [0.5, 0.6) is 0 Å². The molecule has 9 nitrogen and oxygen atoms in total. The summed E-state index contributed by atoms with van der Waals surface area (Å²) in [6.07, 6.45) is 8.17. The molecule has 0 aliphatic heterocycles. The van der Waals surface area contributed by atoms with Gasteiger partial charge < -0.3 is 25.9 Å². The summed E-state index contributed by atoms with van der Waals surface area (Å²) in [7, 11) is 0. The van der Waals surface area contributed by atoms with E-state index in [-0.39, 0.29) is 5.69 Å². The van der Waals surface area contributed by atoms with Crippen molar-refractivity contribution >= 4 is 45.3 Å². The van der Waals surface area contributed by atoms with Gasteiger partial charge in [0.25, 0.3) is 0 Å². The molecule has 3 aromatic heterocycles. The molecule has 0 radical (unpaired) electrons. The van der Waals surface area contributed by atoms with Gasteiger partial charge in [-0.1, -0.05) is 18.9 Å². The van der Waals surface area contributed by atoms with Crippen molar-refractivity contribution in [1.82, 2.24) is 24.5 Å². The first kappa shape index (κ1) is 22.0. The van der Waals surface area contributed by atoms with Crippen LogP contribution in [0.4, 0.5) is 26.4 Å². The Morgan fingerprint density at radius 2 is 1.97 bits per heavy atom. The van der Waals surface area contributed by atoms with Gasteiger partial charge in [-0.3, -0.25) is 0 Å². The lowest BCUT2D eigenvalue weighted by atomic mass is 10.2. The number of carbonyl (C=O) groups is 1. The Labute approximate surface area is 206 Å². The van der Waals surface area contributed by atoms with Crippen LogP contribution in [0.3, 0.4) is 0 Å². The molecule has 3 heterocycles. The number of amides is 2. The molecule has 1 aliphatic carbocycles. The molecule has 0 unspecified atom stereocenters. The van der Waals surface area contributed by atoms with Crippen molar-refractivity contribution in [3.8, 4) is 11.4 Å². The number of halogens is 1. The first-order chi connectivity index (χ1) is 17.5. The topological polar surface area (TPSA) is 127 Å². The maximum Gasteiger partial charge on any atom is 0.323 e. The van der Waals surface area contributed by atoms with Crippen LogP contribution in [0, 0.1) is 12.7 Å². The Bertz CT molecular complexity index is 1620. The second-order valence-corrected chi connectivity index (χ2v) is 9.23. The van der Waals surface area contributed by atoms with Crippen LogP contribution in [-0.4, -0.2) is 30.5 Å². The average molecular weight is 485 g/mol.